The summed E-state index contributed by atoms with van der Waals surface area (Å²) in [6, 6.07) is 6.08. The highest BCUT2D eigenvalue weighted by Gasteiger charge is 2.39. The molecule has 2 fully saturated rings. The van der Waals surface area contributed by atoms with Crippen LogP contribution in [0.25, 0.3) is 0 Å². The van der Waals surface area contributed by atoms with Gasteiger partial charge in [0.15, 0.2) is 5.13 Å². The van der Waals surface area contributed by atoms with Gasteiger partial charge in [-0.2, -0.15) is 0 Å². The summed E-state index contributed by atoms with van der Waals surface area (Å²) in [6.45, 7) is 0. The Morgan fingerprint density at radius 1 is 1.36 bits per heavy atom. The zero-order valence-corrected chi connectivity index (χ0v) is 14.3. The van der Waals surface area contributed by atoms with Gasteiger partial charge >= 0.3 is 0 Å². The van der Waals surface area contributed by atoms with Gasteiger partial charge in [-0.05, 0) is 31.1 Å². The lowest BCUT2D eigenvalue weighted by Crippen LogP contribution is -2.25. The fourth-order valence-corrected chi connectivity index (χ4v) is 4.94. The van der Waals surface area contributed by atoms with E-state index in [0.717, 1.165) is 12.3 Å². The minimum atomic E-state index is -0.519. The standard InChI is InChI=1S/C17H18N4O3S/c18-16-15(14(22)11-2-1-3-12(8-11)21(23)24)25-17(20-16)19-13-7-9-4-5-10(13)6-9/h1-3,8-10,13H,4-7,18H2,(H,19,20)/t9?,10?,13-/m0/s1. The second-order valence-corrected chi connectivity index (χ2v) is 7.79. The molecule has 0 radical (unpaired) electrons. The first-order valence-corrected chi connectivity index (χ1v) is 9.15. The predicted octanol–water partition coefficient (Wildman–Crippen LogP) is 3.47. The smallest absolute Gasteiger partial charge is 0.270 e. The van der Waals surface area contributed by atoms with Crippen LogP contribution in [0.2, 0.25) is 0 Å². The van der Waals surface area contributed by atoms with Crippen LogP contribution in [0.1, 0.15) is 40.9 Å². The molecule has 130 valence electrons. The number of nitrogen functional groups attached to an aromatic ring is 1. The first-order chi connectivity index (χ1) is 12.0. The Balaban J connectivity index is 1.54. The Hall–Kier alpha value is -2.48. The first-order valence-electron chi connectivity index (χ1n) is 8.33. The topological polar surface area (TPSA) is 111 Å². The van der Waals surface area contributed by atoms with Gasteiger partial charge in [0.2, 0.25) is 5.78 Å². The van der Waals surface area contributed by atoms with Crippen molar-refractivity contribution in [2.45, 2.75) is 31.7 Å². The molecule has 1 aromatic heterocycles. The van der Waals surface area contributed by atoms with Crippen molar-refractivity contribution in [1.82, 2.24) is 4.98 Å². The number of carbonyl (C=O) groups excluding carboxylic acids is 1. The van der Waals surface area contributed by atoms with E-state index in [0.29, 0.717) is 22.0 Å². The van der Waals surface area contributed by atoms with Crippen LogP contribution in [-0.2, 0) is 0 Å². The minimum absolute atomic E-state index is 0.116. The molecule has 2 unspecified atom stereocenters. The van der Waals surface area contributed by atoms with Crippen LogP contribution >= 0.6 is 11.3 Å². The van der Waals surface area contributed by atoms with E-state index in [1.807, 2.05) is 0 Å². The van der Waals surface area contributed by atoms with Crippen LogP contribution in [0.3, 0.4) is 0 Å². The number of nitrogens with two attached hydrogens (primary N) is 1. The highest BCUT2D eigenvalue weighted by atomic mass is 32.1. The van der Waals surface area contributed by atoms with Crippen LogP contribution in [0.4, 0.5) is 16.6 Å². The van der Waals surface area contributed by atoms with E-state index in [-0.39, 0.29) is 22.9 Å². The highest BCUT2D eigenvalue weighted by molar-refractivity contribution is 7.18. The van der Waals surface area contributed by atoms with Crippen molar-refractivity contribution in [3.8, 4) is 0 Å². The summed E-state index contributed by atoms with van der Waals surface area (Å²) in [5.74, 6) is 1.34. The van der Waals surface area contributed by atoms with E-state index in [1.165, 1.54) is 48.8 Å². The van der Waals surface area contributed by atoms with Crippen molar-refractivity contribution in [3.05, 3.63) is 44.8 Å². The van der Waals surface area contributed by atoms with Crippen molar-refractivity contribution < 1.29 is 9.72 Å². The molecule has 2 aromatic rings. The third-order valence-electron chi connectivity index (χ3n) is 5.23. The molecule has 1 heterocycles. The molecule has 3 N–H and O–H groups in total. The lowest BCUT2D eigenvalue weighted by molar-refractivity contribution is -0.384. The van der Waals surface area contributed by atoms with Crippen molar-refractivity contribution in [2.24, 2.45) is 11.8 Å². The third kappa shape index (κ3) is 2.97. The second kappa shape index (κ2) is 6.11. The molecule has 8 heteroatoms. The number of hydrogen-bond donors (Lipinski definition) is 2. The van der Waals surface area contributed by atoms with Crippen molar-refractivity contribution >= 4 is 33.8 Å². The number of fused-ring (bicyclic) bond motifs is 2. The van der Waals surface area contributed by atoms with Gasteiger partial charge in [0.05, 0.1) is 4.92 Å². The number of thiazole rings is 1. The van der Waals surface area contributed by atoms with Gasteiger partial charge in [0, 0.05) is 23.7 Å². The van der Waals surface area contributed by atoms with Crippen LogP contribution in [0.15, 0.2) is 24.3 Å². The van der Waals surface area contributed by atoms with E-state index in [2.05, 4.69) is 10.3 Å². The fourth-order valence-electron chi connectivity index (χ4n) is 4.03. The zero-order chi connectivity index (χ0) is 17.6. The SMILES string of the molecule is Nc1nc(N[C@H]2CC3CCC2C3)sc1C(=O)c1cccc([N+](=O)[O-])c1. The highest BCUT2D eigenvalue weighted by Crippen LogP contribution is 2.46. The van der Waals surface area contributed by atoms with E-state index < -0.39 is 4.92 Å². The molecule has 7 nitrogen and oxygen atoms in total. The molecule has 4 rings (SSSR count). The van der Waals surface area contributed by atoms with Crippen molar-refractivity contribution in [1.29, 1.82) is 0 Å². The lowest BCUT2D eigenvalue weighted by atomic mass is 9.96. The maximum atomic E-state index is 12.7. The van der Waals surface area contributed by atoms with Gasteiger partial charge in [0.25, 0.3) is 5.69 Å². The molecule has 2 saturated carbocycles. The maximum absolute atomic E-state index is 12.7. The van der Waals surface area contributed by atoms with Crippen LogP contribution < -0.4 is 11.1 Å². The number of nitro groups is 1. The van der Waals surface area contributed by atoms with E-state index in [4.69, 9.17) is 5.73 Å². The van der Waals surface area contributed by atoms with Crippen LogP contribution in [-0.4, -0.2) is 21.7 Å². The third-order valence-corrected chi connectivity index (χ3v) is 6.23. The van der Waals surface area contributed by atoms with Crippen molar-refractivity contribution in [3.63, 3.8) is 0 Å². The van der Waals surface area contributed by atoms with Gasteiger partial charge in [-0.3, -0.25) is 14.9 Å². The average Bonchev–Trinajstić information content (AvgIpc) is 3.30. The summed E-state index contributed by atoms with van der Waals surface area (Å²) in [7, 11) is 0. The quantitative estimate of drug-likeness (QED) is 0.481. The number of benzene rings is 1. The number of ketones is 1. The molecule has 3 atom stereocenters. The Labute approximate surface area is 148 Å². The van der Waals surface area contributed by atoms with Gasteiger partial charge in [-0.15, -0.1) is 0 Å². The first kappa shape index (κ1) is 16.0. The number of aromatic nitrogens is 1. The number of nitrogens with zero attached hydrogens (tertiary/aromatic N) is 2. The largest absolute Gasteiger partial charge is 0.382 e. The molecule has 25 heavy (non-hydrogen) atoms. The monoisotopic (exact) mass is 358 g/mol. The summed E-state index contributed by atoms with van der Waals surface area (Å²) in [6.07, 6.45) is 5.00. The van der Waals surface area contributed by atoms with E-state index in [9.17, 15) is 14.9 Å². The summed E-state index contributed by atoms with van der Waals surface area (Å²) in [5.41, 5.74) is 6.06. The second-order valence-electron chi connectivity index (χ2n) is 6.80. The molecule has 2 aliphatic rings. The van der Waals surface area contributed by atoms with Gasteiger partial charge in [-0.25, -0.2) is 4.98 Å². The number of nitro benzene ring substituents is 1. The minimum Gasteiger partial charge on any atom is -0.382 e. The summed E-state index contributed by atoms with van der Waals surface area (Å²) in [4.78, 5) is 27.6. The molecule has 0 spiro atoms. The molecular formula is C17H18N4O3S. The molecule has 0 aliphatic heterocycles. The Bertz CT molecular complexity index is 850. The Kier molecular flexibility index (Phi) is 3.91. The number of anilines is 2. The maximum Gasteiger partial charge on any atom is 0.270 e. The average molecular weight is 358 g/mol. The van der Waals surface area contributed by atoms with Crippen LogP contribution in [0, 0.1) is 22.0 Å². The number of hydrogen-bond acceptors (Lipinski definition) is 7. The Morgan fingerprint density at radius 3 is 2.88 bits per heavy atom. The van der Waals surface area contributed by atoms with Crippen LogP contribution in [0.5, 0.6) is 0 Å². The number of nitrogens with one attached hydrogen (secondary N) is 1. The zero-order valence-electron chi connectivity index (χ0n) is 13.5. The summed E-state index contributed by atoms with van der Waals surface area (Å²) >= 11 is 1.22. The molecular weight excluding hydrogens is 340 g/mol. The number of carbonyl (C=O) groups is 1. The van der Waals surface area contributed by atoms with Gasteiger partial charge in [-0.1, -0.05) is 29.9 Å². The number of non-ortho nitro benzene ring substituents is 1. The predicted molar refractivity (Wildman–Crippen MR) is 95.9 cm³/mol. The fraction of sp³-hybridized carbons (Fsp3) is 0.412. The van der Waals surface area contributed by atoms with Crippen molar-refractivity contribution in [2.75, 3.05) is 11.1 Å². The van der Waals surface area contributed by atoms with Gasteiger partial charge in [0.1, 0.15) is 10.7 Å². The summed E-state index contributed by atoms with van der Waals surface area (Å²) in [5, 5.41) is 15.0. The molecule has 2 aliphatic carbocycles. The summed E-state index contributed by atoms with van der Waals surface area (Å²) < 4.78 is 0. The Morgan fingerprint density at radius 2 is 2.20 bits per heavy atom. The lowest BCUT2D eigenvalue weighted by Gasteiger charge is -2.22. The molecule has 0 saturated heterocycles. The normalized spacial score (nSPS) is 24.4. The molecule has 1 aromatic carbocycles. The van der Waals surface area contributed by atoms with E-state index >= 15 is 0 Å². The molecule has 0 amide bonds. The molecule has 2 bridgehead atoms. The number of rotatable bonds is 5. The van der Waals surface area contributed by atoms with Gasteiger partial charge < -0.3 is 11.1 Å². The van der Waals surface area contributed by atoms with E-state index in [1.54, 1.807) is 6.07 Å².